The van der Waals surface area contributed by atoms with Gasteiger partial charge in [0, 0.05) is 38.2 Å². The Balaban J connectivity index is 1.59. The van der Waals surface area contributed by atoms with Crippen molar-refractivity contribution in [3.63, 3.8) is 0 Å². The van der Waals surface area contributed by atoms with Gasteiger partial charge in [0.1, 0.15) is 17.2 Å². The summed E-state index contributed by atoms with van der Waals surface area (Å²) in [6.07, 6.45) is 22.3. The second-order valence-electron chi connectivity index (χ2n) is 14.8. The predicted molar refractivity (Wildman–Crippen MR) is 226 cm³/mol. The van der Waals surface area contributed by atoms with Crippen molar-refractivity contribution in [2.45, 2.75) is 143 Å². The lowest BCUT2D eigenvalue weighted by Gasteiger charge is -2.24. The molecule has 0 aromatic heterocycles. The zero-order valence-corrected chi connectivity index (χ0v) is 33.0. The third-order valence-corrected chi connectivity index (χ3v) is 10.7. The van der Waals surface area contributed by atoms with Gasteiger partial charge in [0.15, 0.2) is 0 Å². The third-order valence-electron chi connectivity index (χ3n) is 10.7. The molecule has 0 aliphatic carbocycles. The van der Waals surface area contributed by atoms with Crippen molar-refractivity contribution in [2.75, 3.05) is 19.8 Å². The second-order valence-corrected chi connectivity index (χ2v) is 14.8. The summed E-state index contributed by atoms with van der Waals surface area (Å²) < 4.78 is 20.6. The van der Waals surface area contributed by atoms with E-state index in [0.29, 0.717) is 6.61 Å². The molecule has 3 heteroatoms. The van der Waals surface area contributed by atoms with Crippen molar-refractivity contribution < 1.29 is 14.2 Å². The van der Waals surface area contributed by atoms with E-state index in [9.17, 15) is 0 Å². The minimum absolute atomic E-state index is 0.704. The minimum Gasteiger partial charge on any atom is -0.493 e. The first-order valence-electron chi connectivity index (χ1n) is 21.1. The highest BCUT2D eigenvalue weighted by atomic mass is 16.5. The lowest BCUT2D eigenvalue weighted by Crippen LogP contribution is -2.06. The molecule has 52 heavy (non-hydrogen) atoms. The van der Waals surface area contributed by atoms with Crippen LogP contribution in [0.5, 0.6) is 17.2 Å². The van der Waals surface area contributed by atoms with Gasteiger partial charge in [0.05, 0.1) is 19.8 Å². The Morgan fingerprint density at radius 1 is 0.327 bits per heavy atom. The summed E-state index contributed by atoms with van der Waals surface area (Å²) >= 11 is 0. The molecule has 0 aliphatic rings. The fourth-order valence-electron chi connectivity index (χ4n) is 7.82. The number of unbranched alkanes of at least 4 members (excludes halogenated alkanes) is 15. The number of hydrogen-bond acceptors (Lipinski definition) is 3. The quantitative estimate of drug-likeness (QED) is 0.0448. The van der Waals surface area contributed by atoms with Crippen LogP contribution in [0.4, 0.5) is 0 Å². The van der Waals surface area contributed by atoms with Gasteiger partial charge in [-0.15, -0.1) is 0 Å². The number of rotatable bonds is 25. The van der Waals surface area contributed by atoms with Crippen LogP contribution in [0.25, 0.3) is 43.4 Å². The molecule has 0 saturated carbocycles. The molecule has 0 bridgehead atoms. The third kappa shape index (κ3) is 10.2. The second kappa shape index (κ2) is 21.7. The van der Waals surface area contributed by atoms with Gasteiger partial charge >= 0.3 is 0 Å². The lowest BCUT2D eigenvalue weighted by molar-refractivity contribution is 0.301. The van der Waals surface area contributed by atoms with E-state index in [2.05, 4.69) is 100 Å². The molecule has 0 saturated heterocycles. The molecule has 280 valence electrons. The summed E-state index contributed by atoms with van der Waals surface area (Å²) in [6, 6.07) is 26.4. The average molecular weight is 703 g/mol. The highest BCUT2D eigenvalue weighted by molar-refractivity contribution is 6.19. The lowest BCUT2D eigenvalue weighted by atomic mass is 9.86. The Labute approximate surface area is 315 Å². The highest BCUT2D eigenvalue weighted by Gasteiger charge is 2.25. The molecule has 0 heterocycles. The van der Waals surface area contributed by atoms with E-state index in [4.69, 9.17) is 14.2 Å². The molecule has 0 radical (unpaired) electrons. The number of benzene rings is 5. The molecule has 0 aliphatic heterocycles. The van der Waals surface area contributed by atoms with Gasteiger partial charge < -0.3 is 14.2 Å². The van der Waals surface area contributed by atoms with Crippen molar-refractivity contribution in [2.24, 2.45) is 0 Å². The maximum Gasteiger partial charge on any atom is 0.135 e. The minimum atomic E-state index is 0.704. The number of ether oxygens (including phenoxy) is 3. The molecule has 5 aromatic carbocycles. The Kier molecular flexibility index (Phi) is 16.5. The summed E-state index contributed by atoms with van der Waals surface area (Å²) in [7, 11) is 0. The zero-order chi connectivity index (χ0) is 36.4. The SMILES string of the molecule is CCCCCCCCOc1c(C)c(-c2c3ccccc3c(OCCCCCCCC)c3ccccc23)c(OCCCCCCCC)c2ccccc12. The number of hydrogen-bond donors (Lipinski definition) is 0. The van der Waals surface area contributed by atoms with E-state index in [1.54, 1.807) is 0 Å². The van der Waals surface area contributed by atoms with Gasteiger partial charge in [0.25, 0.3) is 0 Å². The average Bonchev–Trinajstić information content (AvgIpc) is 3.17. The van der Waals surface area contributed by atoms with Crippen molar-refractivity contribution in [3.8, 4) is 28.4 Å². The van der Waals surface area contributed by atoms with E-state index in [1.807, 2.05) is 0 Å². The highest BCUT2D eigenvalue weighted by Crippen LogP contribution is 2.51. The van der Waals surface area contributed by atoms with Crippen molar-refractivity contribution in [3.05, 3.63) is 78.4 Å². The molecule has 0 amide bonds. The molecule has 3 nitrogen and oxygen atoms in total. The van der Waals surface area contributed by atoms with Crippen LogP contribution in [-0.2, 0) is 0 Å². The van der Waals surface area contributed by atoms with Gasteiger partial charge in [-0.1, -0.05) is 190 Å². The van der Waals surface area contributed by atoms with Crippen LogP contribution in [0.1, 0.15) is 142 Å². The molecule has 0 atom stereocenters. The number of fused-ring (bicyclic) bond motifs is 3. The molecule has 0 spiro atoms. The fourth-order valence-corrected chi connectivity index (χ4v) is 7.82. The van der Waals surface area contributed by atoms with Crippen molar-refractivity contribution in [1.82, 2.24) is 0 Å². The van der Waals surface area contributed by atoms with Crippen LogP contribution in [-0.4, -0.2) is 19.8 Å². The van der Waals surface area contributed by atoms with Crippen LogP contribution in [0.15, 0.2) is 72.8 Å². The van der Waals surface area contributed by atoms with E-state index < -0.39 is 0 Å². The summed E-state index contributed by atoms with van der Waals surface area (Å²) in [5.41, 5.74) is 3.51. The molecule has 5 aromatic rings. The summed E-state index contributed by atoms with van der Waals surface area (Å²) in [6.45, 7) is 11.2. The predicted octanol–water partition coefficient (Wildman–Crippen LogP) is 15.3. The first kappa shape index (κ1) is 39.5. The Morgan fingerprint density at radius 3 is 1.06 bits per heavy atom. The van der Waals surface area contributed by atoms with Crippen molar-refractivity contribution in [1.29, 1.82) is 0 Å². The standard InChI is InChI=1S/C49H66O3/c1-5-8-11-14-17-26-35-50-47-38(4)45(49(44-34-25-24-33-43(44)47)52-37-28-19-16-13-10-7-3)46-39-29-20-22-31-41(39)48(42-32-23-21-30-40(42)46)51-36-27-18-15-12-9-6-2/h20-25,29-34H,5-19,26-28,35-37H2,1-4H3. The largest absolute Gasteiger partial charge is 0.493 e. The van der Waals surface area contributed by atoms with Gasteiger partial charge in [-0.05, 0) is 37.0 Å². The monoisotopic (exact) mass is 703 g/mol. The van der Waals surface area contributed by atoms with Gasteiger partial charge in [-0.2, -0.15) is 0 Å². The smallest absolute Gasteiger partial charge is 0.135 e. The topological polar surface area (TPSA) is 27.7 Å². The van der Waals surface area contributed by atoms with Crippen LogP contribution in [0.2, 0.25) is 0 Å². The van der Waals surface area contributed by atoms with E-state index in [-0.39, 0.29) is 0 Å². The Bertz CT molecular complexity index is 1750. The fraction of sp³-hybridized carbons (Fsp3) is 0.510. The molecular formula is C49H66O3. The van der Waals surface area contributed by atoms with Gasteiger partial charge in [-0.25, -0.2) is 0 Å². The van der Waals surface area contributed by atoms with Gasteiger partial charge in [-0.3, -0.25) is 0 Å². The Morgan fingerprint density at radius 2 is 0.635 bits per heavy atom. The van der Waals surface area contributed by atoms with Crippen LogP contribution >= 0.6 is 0 Å². The summed E-state index contributed by atoms with van der Waals surface area (Å²) in [5, 5.41) is 6.98. The van der Waals surface area contributed by atoms with Crippen LogP contribution in [0, 0.1) is 6.92 Å². The van der Waals surface area contributed by atoms with E-state index in [1.165, 1.54) is 113 Å². The molecule has 0 N–H and O–H groups in total. The Hall–Kier alpha value is -3.72. The molecular weight excluding hydrogens is 637 g/mol. The molecule has 0 unspecified atom stereocenters. The molecule has 0 fully saturated rings. The zero-order valence-electron chi connectivity index (χ0n) is 33.0. The normalized spacial score (nSPS) is 11.5. The van der Waals surface area contributed by atoms with Crippen LogP contribution < -0.4 is 14.2 Å². The first-order valence-corrected chi connectivity index (χ1v) is 21.1. The van der Waals surface area contributed by atoms with E-state index in [0.717, 1.165) is 82.4 Å². The van der Waals surface area contributed by atoms with Gasteiger partial charge in [0.2, 0.25) is 0 Å². The summed E-state index contributed by atoms with van der Waals surface area (Å²) in [4.78, 5) is 0. The maximum absolute atomic E-state index is 6.99. The van der Waals surface area contributed by atoms with Crippen molar-refractivity contribution >= 4 is 32.3 Å². The van der Waals surface area contributed by atoms with E-state index >= 15 is 0 Å². The molecule has 5 rings (SSSR count). The maximum atomic E-state index is 6.99. The van der Waals surface area contributed by atoms with Crippen LogP contribution in [0.3, 0.4) is 0 Å². The summed E-state index contributed by atoms with van der Waals surface area (Å²) in [5.74, 6) is 2.96. The first-order chi connectivity index (χ1) is 25.7.